The SMILES string of the molecule is CC1CC2(CCC3(CC2)OCCO3)O1. The van der Waals surface area contributed by atoms with E-state index in [0.29, 0.717) is 6.10 Å². The van der Waals surface area contributed by atoms with E-state index in [9.17, 15) is 0 Å². The molecule has 0 N–H and O–H groups in total. The molecule has 3 heteroatoms. The molecule has 0 aromatic heterocycles. The highest BCUT2D eigenvalue weighted by molar-refractivity contribution is 4.98. The largest absolute Gasteiger partial charge is 0.372 e. The van der Waals surface area contributed by atoms with Gasteiger partial charge in [-0.05, 0) is 19.8 Å². The predicted octanol–water partition coefficient (Wildman–Crippen LogP) is 1.85. The van der Waals surface area contributed by atoms with Crippen LogP contribution in [-0.4, -0.2) is 30.7 Å². The standard InChI is InChI=1S/C11H18O3/c1-9-8-10(14-9)2-4-11(5-3-10)12-6-7-13-11/h9H,2-8H2,1H3. The minimum absolute atomic E-state index is 0.194. The first-order valence-corrected chi connectivity index (χ1v) is 5.68. The molecule has 2 saturated heterocycles. The Kier molecular flexibility index (Phi) is 1.92. The summed E-state index contributed by atoms with van der Waals surface area (Å²) < 4.78 is 17.2. The molecule has 80 valence electrons. The van der Waals surface area contributed by atoms with Crippen LogP contribution in [0.25, 0.3) is 0 Å². The van der Waals surface area contributed by atoms with Crippen LogP contribution in [0.1, 0.15) is 39.0 Å². The minimum Gasteiger partial charge on any atom is -0.372 e. The second kappa shape index (κ2) is 2.94. The molecular weight excluding hydrogens is 180 g/mol. The Hall–Kier alpha value is -0.120. The summed E-state index contributed by atoms with van der Waals surface area (Å²) in [6, 6.07) is 0. The van der Waals surface area contributed by atoms with Gasteiger partial charge in [0.1, 0.15) is 0 Å². The van der Waals surface area contributed by atoms with Gasteiger partial charge >= 0.3 is 0 Å². The van der Waals surface area contributed by atoms with Gasteiger partial charge in [0.2, 0.25) is 0 Å². The third-order valence-electron chi connectivity index (χ3n) is 3.85. The number of hydrogen-bond acceptors (Lipinski definition) is 3. The van der Waals surface area contributed by atoms with Crippen LogP contribution in [0, 0.1) is 0 Å². The maximum Gasteiger partial charge on any atom is 0.168 e. The first-order valence-electron chi connectivity index (χ1n) is 5.68. The van der Waals surface area contributed by atoms with Crippen molar-refractivity contribution in [2.75, 3.05) is 13.2 Å². The number of hydrogen-bond donors (Lipinski definition) is 0. The summed E-state index contributed by atoms with van der Waals surface area (Å²) in [4.78, 5) is 0. The highest BCUT2D eigenvalue weighted by atomic mass is 16.7. The molecule has 1 saturated carbocycles. The molecule has 3 fully saturated rings. The monoisotopic (exact) mass is 198 g/mol. The normalized spacial score (nSPS) is 38.8. The number of rotatable bonds is 0. The molecule has 2 heterocycles. The fourth-order valence-corrected chi connectivity index (χ4v) is 3.14. The van der Waals surface area contributed by atoms with E-state index >= 15 is 0 Å². The van der Waals surface area contributed by atoms with Crippen LogP contribution in [0.4, 0.5) is 0 Å². The van der Waals surface area contributed by atoms with Gasteiger partial charge in [0.25, 0.3) is 0 Å². The van der Waals surface area contributed by atoms with Gasteiger partial charge in [-0.2, -0.15) is 0 Å². The maximum atomic E-state index is 5.86. The molecule has 0 bridgehead atoms. The lowest BCUT2D eigenvalue weighted by Crippen LogP contribution is -2.54. The molecule has 3 nitrogen and oxygen atoms in total. The van der Waals surface area contributed by atoms with Gasteiger partial charge in [0, 0.05) is 19.3 Å². The van der Waals surface area contributed by atoms with Crippen molar-refractivity contribution in [3.8, 4) is 0 Å². The molecule has 1 aliphatic carbocycles. The van der Waals surface area contributed by atoms with Crippen LogP contribution < -0.4 is 0 Å². The number of ether oxygens (including phenoxy) is 3. The molecule has 2 spiro atoms. The van der Waals surface area contributed by atoms with E-state index in [1.165, 1.54) is 6.42 Å². The van der Waals surface area contributed by atoms with Crippen molar-refractivity contribution in [3.63, 3.8) is 0 Å². The highest BCUT2D eigenvalue weighted by Gasteiger charge is 2.51. The molecule has 0 amide bonds. The van der Waals surface area contributed by atoms with Crippen molar-refractivity contribution < 1.29 is 14.2 Å². The topological polar surface area (TPSA) is 27.7 Å². The zero-order valence-corrected chi connectivity index (χ0v) is 8.75. The summed E-state index contributed by atoms with van der Waals surface area (Å²) in [7, 11) is 0. The molecule has 3 rings (SSSR count). The van der Waals surface area contributed by atoms with Crippen LogP contribution in [0.15, 0.2) is 0 Å². The first-order chi connectivity index (χ1) is 6.72. The fourth-order valence-electron chi connectivity index (χ4n) is 3.14. The van der Waals surface area contributed by atoms with E-state index in [4.69, 9.17) is 14.2 Å². The fraction of sp³-hybridized carbons (Fsp3) is 1.00. The Bertz CT molecular complexity index is 215. The Morgan fingerprint density at radius 2 is 1.57 bits per heavy atom. The van der Waals surface area contributed by atoms with Gasteiger partial charge in [-0.1, -0.05) is 0 Å². The summed E-state index contributed by atoms with van der Waals surface area (Å²) in [6.07, 6.45) is 5.94. The van der Waals surface area contributed by atoms with Gasteiger partial charge < -0.3 is 14.2 Å². The Morgan fingerprint density at radius 1 is 1.00 bits per heavy atom. The Labute approximate surface area is 84.7 Å². The first kappa shape index (κ1) is 9.13. The van der Waals surface area contributed by atoms with Crippen LogP contribution in [-0.2, 0) is 14.2 Å². The molecule has 14 heavy (non-hydrogen) atoms. The van der Waals surface area contributed by atoms with Crippen molar-refractivity contribution in [1.82, 2.24) is 0 Å². The van der Waals surface area contributed by atoms with E-state index in [0.717, 1.165) is 38.9 Å². The Morgan fingerprint density at radius 3 is 2.07 bits per heavy atom. The third kappa shape index (κ3) is 1.30. The third-order valence-corrected chi connectivity index (χ3v) is 3.85. The molecule has 0 aromatic rings. The van der Waals surface area contributed by atoms with Crippen molar-refractivity contribution in [2.45, 2.75) is 56.5 Å². The molecule has 3 aliphatic rings. The molecule has 1 unspecified atom stereocenters. The maximum absolute atomic E-state index is 5.86. The summed E-state index contributed by atoms with van der Waals surface area (Å²) in [5.41, 5.74) is 0.194. The van der Waals surface area contributed by atoms with Crippen LogP contribution >= 0.6 is 0 Å². The average Bonchev–Trinajstić information content (AvgIpc) is 2.57. The van der Waals surface area contributed by atoms with Crippen LogP contribution in [0.2, 0.25) is 0 Å². The van der Waals surface area contributed by atoms with Crippen LogP contribution in [0.5, 0.6) is 0 Å². The van der Waals surface area contributed by atoms with Gasteiger partial charge in [0.05, 0.1) is 24.9 Å². The van der Waals surface area contributed by atoms with Gasteiger partial charge in [-0.3, -0.25) is 0 Å². The minimum atomic E-state index is -0.229. The van der Waals surface area contributed by atoms with Gasteiger partial charge in [0.15, 0.2) is 5.79 Å². The molecule has 1 atom stereocenters. The summed E-state index contributed by atoms with van der Waals surface area (Å²) in [5, 5.41) is 0. The summed E-state index contributed by atoms with van der Waals surface area (Å²) >= 11 is 0. The molecule has 2 aliphatic heterocycles. The lowest BCUT2D eigenvalue weighted by molar-refractivity contribution is -0.262. The van der Waals surface area contributed by atoms with Crippen molar-refractivity contribution in [1.29, 1.82) is 0 Å². The van der Waals surface area contributed by atoms with Crippen LogP contribution in [0.3, 0.4) is 0 Å². The quantitative estimate of drug-likeness (QED) is 0.594. The predicted molar refractivity (Wildman–Crippen MR) is 51.0 cm³/mol. The summed E-state index contributed by atoms with van der Waals surface area (Å²) in [6.45, 7) is 3.69. The zero-order chi connectivity index (χ0) is 9.65. The van der Waals surface area contributed by atoms with E-state index < -0.39 is 0 Å². The zero-order valence-electron chi connectivity index (χ0n) is 8.75. The van der Waals surface area contributed by atoms with E-state index in [2.05, 4.69) is 6.92 Å². The smallest absolute Gasteiger partial charge is 0.168 e. The molecular formula is C11H18O3. The van der Waals surface area contributed by atoms with Gasteiger partial charge in [-0.25, -0.2) is 0 Å². The van der Waals surface area contributed by atoms with Crippen molar-refractivity contribution >= 4 is 0 Å². The average molecular weight is 198 g/mol. The lowest BCUT2D eigenvalue weighted by atomic mass is 9.74. The highest BCUT2D eigenvalue weighted by Crippen LogP contribution is 2.48. The molecule has 0 radical (unpaired) electrons. The van der Waals surface area contributed by atoms with Crippen molar-refractivity contribution in [3.05, 3.63) is 0 Å². The lowest BCUT2D eigenvalue weighted by Gasteiger charge is -2.52. The van der Waals surface area contributed by atoms with E-state index in [1.54, 1.807) is 0 Å². The Balaban J connectivity index is 1.62. The van der Waals surface area contributed by atoms with E-state index in [1.807, 2.05) is 0 Å². The van der Waals surface area contributed by atoms with Gasteiger partial charge in [-0.15, -0.1) is 0 Å². The van der Waals surface area contributed by atoms with Crippen molar-refractivity contribution in [2.24, 2.45) is 0 Å². The summed E-state index contributed by atoms with van der Waals surface area (Å²) in [5.74, 6) is -0.229. The molecule has 0 aromatic carbocycles. The second-order valence-electron chi connectivity index (χ2n) is 4.92. The van der Waals surface area contributed by atoms with E-state index in [-0.39, 0.29) is 11.4 Å². The second-order valence-corrected chi connectivity index (χ2v) is 4.92.